The normalized spacial score (nSPS) is 39.6. The molecule has 30 atom stereocenters. The molecule has 0 spiro atoms. The molecule has 556 valence electrons. The van der Waals surface area contributed by atoms with Gasteiger partial charge in [-0.05, 0) is 38.0 Å². The van der Waals surface area contributed by atoms with E-state index in [9.17, 15) is 90.4 Å². The Morgan fingerprint density at radius 2 is 0.888 bits per heavy atom. The smallest absolute Gasteiger partial charge is 0.251 e. The predicted molar refractivity (Wildman–Crippen MR) is 330 cm³/mol. The van der Waals surface area contributed by atoms with Crippen LogP contribution in [-0.2, 0) is 71.3 Å². The Balaban J connectivity index is 1.07. The maximum atomic E-state index is 13.9. The molecule has 0 aliphatic carbocycles. The number of nitrogens with one attached hydrogen (secondary N) is 5. The molecule has 6 aliphatic rings. The maximum Gasteiger partial charge on any atom is 0.251 e. The van der Waals surface area contributed by atoms with Crippen LogP contribution in [0.2, 0.25) is 0 Å². The van der Waals surface area contributed by atoms with Crippen LogP contribution in [0.25, 0.3) is 0 Å². The molecule has 0 saturated carbocycles. The van der Waals surface area contributed by atoms with Gasteiger partial charge in [-0.2, -0.15) is 0 Å². The van der Waals surface area contributed by atoms with Crippen molar-refractivity contribution >= 4 is 29.5 Å². The number of carbonyl (C=O) groups is 5. The van der Waals surface area contributed by atoms with Crippen molar-refractivity contribution in [2.24, 2.45) is 5.92 Å². The van der Waals surface area contributed by atoms with E-state index in [4.69, 9.17) is 56.8 Å². The topological polar surface area (TPSA) is 519 Å². The van der Waals surface area contributed by atoms with Gasteiger partial charge in [-0.1, -0.05) is 39.2 Å². The van der Waals surface area contributed by atoms with Crippen LogP contribution >= 0.6 is 0 Å². The quantitative estimate of drug-likeness (QED) is 0.0262. The standard InChI is InChI=1S/C63H99N5O30/c1-8-9-10-11-12-13-14-15-16-20-87-34-19-17-18-33(21-34)57(85)68-41-48(80)47(79)35(22-69)91-59(41)95-53-36(23-70)92-60(42(50(53)82)65-30(5)74)96-54-37(24-71)93-61(43(51(54)83)66-31(6)75)97-55-38(25-72)94-62(44(52(55)84)67-32(7)76)98-56-39(90-58(86)40(49(56)81)64-29(4)73)26-88-63-46(78)27(2)45(77)28(3)89-63/h17-19,21,27-28,35-56,58-63,69-72,77-84,86H,8-12,15-16,20,22-26H2,1-7H3,(H,64,73)(H,65,74)(H,66,75)(H,67,76)(H,68,85)/t27-,28?,35?,36-,37?,38-,39?,40?,41-,42?,43-,44?,45?,46+,47+,48+,49+,50?,51+,52?,53+,54?,55+,56?,58?,59?,60?,61?,62?,63+/m0/s1. The van der Waals surface area contributed by atoms with E-state index >= 15 is 0 Å². The van der Waals surface area contributed by atoms with Crippen LogP contribution < -0.4 is 31.3 Å². The number of hydrogen-bond acceptors (Lipinski definition) is 30. The first kappa shape index (κ1) is 80.3. The Labute approximate surface area is 565 Å². The Morgan fingerprint density at radius 1 is 0.459 bits per heavy atom. The van der Waals surface area contributed by atoms with Gasteiger partial charge in [-0.3, -0.25) is 24.0 Å². The van der Waals surface area contributed by atoms with Crippen LogP contribution in [-0.4, -0.2) is 313 Å². The Kier molecular flexibility index (Phi) is 30.9. The van der Waals surface area contributed by atoms with Crippen molar-refractivity contribution in [3.8, 4) is 17.6 Å². The molecule has 6 heterocycles. The van der Waals surface area contributed by atoms with Crippen molar-refractivity contribution in [3.63, 3.8) is 0 Å². The first-order valence-corrected chi connectivity index (χ1v) is 33.0. The Hall–Kier alpha value is -5.03. The summed E-state index contributed by atoms with van der Waals surface area (Å²) in [5, 5.41) is 159. The van der Waals surface area contributed by atoms with Crippen molar-refractivity contribution in [1.29, 1.82) is 0 Å². The first-order chi connectivity index (χ1) is 46.7. The molecule has 6 aliphatic heterocycles. The summed E-state index contributed by atoms with van der Waals surface area (Å²) < 4.78 is 72.4. The van der Waals surface area contributed by atoms with E-state index in [1.54, 1.807) is 19.1 Å². The highest BCUT2D eigenvalue weighted by molar-refractivity contribution is 5.94. The lowest BCUT2D eigenvalue weighted by Crippen LogP contribution is -2.72. The summed E-state index contributed by atoms with van der Waals surface area (Å²) in [5.41, 5.74) is 0.0361. The van der Waals surface area contributed by atoms with Crippen LogP contribution in [0, 0.1) is 17.8 Å². The number of unbranched alkanes of at least 4 members (excludes halogenated alkanes) is 5. The van der Waals surface area contributed by atoms with E-state index in [0.29, 0.717) is 18.6 Å². The highest BCUT2D eigenvalue weighted by atomic mass is 16.8. The molecule has 0 radical (unpaired) electrons. The van der Waals surface area contributed by atoms with Gasteiger partial charge in [0.1, 0.15) is 134 Å². The lowest BCUT2D eigenvalue weighted by molar-refractivity contribution is -0.368. The molecule has 17 unspecified atom stereocenters. The molecule has 0 bridgehead atoms. The van der Waals surface area contributed by atoms with Crippen LogP contribution in [0.5, 0.6) is 5.75 Å². The van der Waals surface area contributed by atoms with E-state index in [2.05, 4.69) is 45.3 Å². The van der Waals surface area contributed by atoms with Crippen molar-refractivity contribution in [3.05, 3.63) is 29.8 Å². The molecule has 35 nitrogen and oxygen atoms in total. The number of hydrogen-bond donors (Lipinski definition) is 18. The molecule has 1 aromatic rings. The summed E-state index contributed by atoms with van der Waals surface area (Å²) in [5.74, 6) is 1.88. The minimum absolute atomic E-state index is 0.0361. The number of aliphatic hydroxyl groups excluding tert-OH is 13. The van der Waals surface area contributed by atoms with Crippen LogP contribution in [0.3, 0.4) is 0 Å². The van der Waals surface area contributed by atoms with Crippen LogP contribution in [0.1, 0.15) is 104 Å². The lowest BCUT2D eigenvalue weighted by Gasteiger charge is -2.51. The molecule has 0 aromatic heterocycles. The highest BCUT2D eigenvalue weighted by Crippen LogP contribution is 2.37. The van der Waals surface area contributed by atoms with E-state index in [-0.39, 0.29) is 12.2 Å². The average molecular weight is 1410 g/mol. The van der Waals surface area contributed by atoms with Gasteiger partial charge in [0, 0.05) is 52.0 Å². The molecule has 6 saturated heterocycles. The fraction of sp³-hybridized carbons (Fsp3) is 0.794. The van der Waals surface area contributed by atoms with Gasteiger partial charge in [0.25, 0.3) is 5.91 Å². The van der Waals surface area contributed by atoms with Gasteiger partial charge < -0.3 is 150 Å². The summed E-state index contributed by atoms with van der Waals surface area (Å²) in [6.45, 7) is 5.14. The lowest BCUT2D eigenvalue weighted by atomic mass is 9.91. The van der Waals surface area contributed by atoms with Crippen LogP contribution in [0.15, 0.2) is 24.3 Å². The molecule has 6 fully saturated rings. The monoisotopic (exact) mass is 1410 g/mol. The van der Waals surface area contributed by atoms with E-state index in [1.165, 1.54) is 19.1 Å². The highest BCUT2D eigenvalue weighted by Gasteiger charge is 2.58. The second-order valence-electron chi connectivity index (χ2n) is 25.2. The number of ether oxygens (including phenoxy) is 12. The summed E-state index contributed by atoms with van der Waals surface area (Å²) in [6, 6.07) is -2.48. The summed E-state index contributed by atoms with van der Waals surface area (Å²) >= 11 is 0. The largest absolute Gasteiger partial charge is 0.494 e. The molecular weight excluding hydrogens is 1310 g/mol. The minimum Gasteiger partial charge on any atom is -0.494 e. The summed E-state index contributed by atoms with van der Waals surface area (Å²) in [6.07, 6.45) is -34.9. The second-order valence-corrected chi connectivity index (χ2v) is 25.2. The summed E-state index contributed by atoms with van der Waals surface area (Å²) in [7, 11) is 0. The van der Waals surface area contributed by atoms with Gasteiger partial charge in [0.2, 0.25) is 23.6 Å². The second kappa shape index (κ2) is 37.8. The first-order valence-electron chi connectivity index (χ1n) is 33.0. The molecule has 35 heteroatoms. The fourth-order valence-electron chi connectivity index (χ4n) is 12.5. The van der Waals surface area contributed by atoms with Gasteiger partial charge >= 0.3 is 0 Å². The number of carbonyl (C=O) groups excluding carboxylic acids is 5. The zero-order valence-electron chi connectivity index (χ0n) is 55.6. The zero-order chi connectivity index (χ0) is 71.8. The third-order valence-electron chi connectivity index (χ3n) is 17.8. The molecule has 7 rings (SSSR count). The van der Waals surface area contributed by atoms with E-state index in [1.807, 2.05) is 0 Å². The van der Waals surface area contributed by atoms with Gasteiger partial charge in [0.15, 0.2) is 37.7 Å². The third kappa shape index (κ3) is 20.4. The van der Waals surface area contributed by atoms with E-state index in [0.717, 1.165) is 59.8 Å². The Morgan fingerprint density at radius 3 is 1.35 bits per heavy atom. The molecule has 18 N–H and O–H groups in total. The molecule has 1 aromatic carbocycles. The van der Waals surface area contributed by atoms with Gasteiger partial charge in [-0.15, -0.1) is 11.8 Å². The van der Waals surface area contributed by atoms with Gasteiger partial charge in [0.05, 0.1) is 51.8 Å². The SMILES string of the molecule is CCCCCCC#CCCCOc1cccc(C(=O)N[C@@H]2C(O[C@H]3C(O)C(NC(C)=O)C(OC4C(CO)OC(O[C@H]5C(O)C(NC(C)=O)C(OC6C(CO[C@@H]7OC(C)C(O)[C@H](C)[C@H]7O)OC(O)C(NC(C)=O)[C@H]6O)O[C@H]5CO)[C@@H](NC(C)=O)[C@H]4O)O[C@H]3CO)OC(CO)[C@@H](O)[C@@H]2O)c1. The van der Waals surface area contributed by atoms with E-state index < -0.39 is 246 Å². The molecular formula is C63H99N5O30. The average Bonchev–Trinajstić information content (AvgIpc) is 0.772. The number of amides is 5. The van der Waals surface area contributed by atoms with Crippen molar-refractivity contribution in [2.75, 3.05) is 39.6 Å². The van der Waals surface area contributed by atoms with Gasteiger partial charge in [-0.25, -0.2) is 0 Å². The minimum atomic E-state index is -2.06. The number of benzene rings is 1. The van der Waals surface area contributed by atoms with Crippen molar-refractivity contribution < 1.29 is 147 Å². The zero-order valence-corrected chi connectivity index (χ0v) is 55.6. The number of aliphatic hydroxyl groups is 13. The predicted octanol–water partition coefficient (Wildman–Crippen LogP) is -6.65. The maximum absolute atomic E-state index is 13.9. The summed E-state index contributed by atoms with van der Waals surface area (Å²) in [4.78, 5) is 65.0. The Bertz CT molecular complexity index is 2770. The number of rotatable bonds is 29. The molecule has 5 amide bonds. The van der Waals surface area contributed by atoms with Crippen LogP contribution in [0.4, 0.5) is 0 Å². The third-order valence-corrected chi connectivity index (χ3v) is 17.8. The fourth-order valence-corrected chi connectivity index (χ4v) is 12.5. The van der Waals surface area contributed by atoms with Crippen molar-refractivity contribution in [2.45, 2.75) is 271 Å². The molecule has 98 heavy (non-hydrogen) atoms. The van der Waals surface area contributed by atoms with Crippen molar-refractivity contribution in [1.82, 2.24) is 26.6 Å².